The van der Waals surface area contributed by atoms with Crippen LogP contribution in [0, 0.1) is 12.7 Å². The van der Waals surface area contributed by atoms with Crippen LogP contribution < -0.4 is 10.2 Å². The minimum absolute atomic E-state index is 0.0121. The Morgan fingerprint density at radius 3 is 1.97 bits per heavy atom. The van der Waals surface area contributed by atoms with Crippen LogP contribution in [-0.2, 0) is 0 Å². The first-order valence-electron chi connectivity index (χ1n) is 13.5. The molecule has 5 rings (SSSR count). The largest absolute Gasteiger partial charge is 0.367 e. The van der Waals surface area contributed by atoms with Gasteiger partial charge in [-0.05, 0) is 80.8 Å². The minimum Gasteiger partial charge on any atom is -0.367 e. The summed E-state index contributed by atoms with van der Waals surface area (Å²) in [5.74, 6) is -0.827. The summed E-state index contributed by atoms with van der Waals surface area (Å²) in [4.78, 5) is 45.3. The van der Waals surface area contributed by atoms with E-state index in [1.165, 1.54) is 24.3 Å². The lowest BCUT2D eigenvalue weighted by Gasteiger charge is -2.37. The Morgan fingerprint density at radius 1 is 0.692 bits per heavy atom. The molecule has 1 N–H and O–H groups in total. The van der Waals surface area contributed by atoms with Crippen LogP contribution in [0.3, 0.4) is 0 Å². The zero-order valence-electron chi connectivity index (χ0n) is 22.2. The van der Waals surface area contributed by atoms with Crippen LogP contribution in [0.5, 0.6) is 0 Å². The third-order valence-electron chi connectivity index (χ3n) is 7.44. The van der Waals surface area contributed by atoms with Gasteiger partial charge in [0.25, 0.3) is 17.7 Å². The van der Waals surface area contributed by atoms with Gasteiger partial charge < -0.3 is 20.0 Å². The number of amides is 3. The molecule has 2 heterocycles. The van der Waals surface area contributed by atoms with E-state index in [1.54, 1.807) is 12.1 Å². The van der Waals surface area contributed by atoms with Crippen molar-refractivity contribution in [1.29, 1.82) is 0 Å². The molecule has 0 spiro atoms. The fraction of sp³-hybridized carbons (Fsp3) is 0.323. The van der Waals surface area contributed by atoms with E-state index in [0.29, 0.717) is 61.6 Å². The molecular formula is C31H33FN4O3. The van der Waals surface area contributed by atoms with Gasteiger partial charge in [-0.3, -0.25) is 14.4 Å². The van der Waals surface area contributed by atoms with E-state index >= 15 is 0 Å². The van der Waals surface area contributed by atoms with Crippen LogP contribution in [0.1, 0.15) is 55.9 Å². The zero-order chi connectivity index (χ0) is 27.4. The topological polar surface area (TPSA) is 73.0 Å². The molecule has 0 aliphatic carbocycles. The maximum Gasteiger partial charge on any atom is 0.256 e. The summed E-state index contributed by atoms with van der Waals surface area (Å²) in [6.07, 6.45) is 3.06. The SMILES string of the molecule is Cc1ccc(C(=O)N2CCN(c3ccc(NC(=O)c4ccc(F)cc4)cc3C(=O)N3CCCCC3)CC2)cc1. The first kappa shape index (κ1) is 26.4. The van der Waals surface area contributed by atoms with Crippen molar-refractivity contribution in [1.82, 2.24) is 9.80 Å². The Balaban J connectivity index is 1.35. The Bertz CT molecular complexity index is 1340. The van der Waals surface area contributed by atoms with Crippen molar-refractivity contribution in [3.63, 3.8) is 0 Å². The van der Waals surface area contributed by atoms with Crippen LogP contribution in [0.15, 0.2) is 66.7 Å². The summed E-state index contributed by atoms with van der Waals surface area (Å²) in [6, 6.07) is 18.3. The predicted molar refractivity (Wildman–Crippen MR) is 150 cm³/mol. The second-order valence-electron chi connectivity index (χ2n) is 10.2. The van der Waals surface area contributed by atoms with Crippen LogP contribution in [0.4, 0.5) is 15.8 Å². The van der Waals surface area contributed by atoms with Crippen molar-refractivity contribution in [3.05, 3.63) is 94.8 Å². The standard InChI is InChI=1S/C31H33FN4O3/c1-22-5-7-24(8-6-22)30(38)36-19-17-34(18-20-36)28-14-13-26(33-29(37)23-9-11-25(32)12-10-23)21-27(28)31(39)35-15-3-2-4-16-35/h5-14,21H,2-4,15-20H2,1H3,(H,33,37). The Morgan fingerprint density at radius 2 is 1.31 bits per heavy atom. The highest BCUT2D eigenvalue weighted by atomic mass is 19.1. The molecule has 0 bridgehead atoms. The highest BCUT2D eigenvalue weighted by Crippen LogP contribution is 2.28. The van der Waals surface area contributed by atoms with E-state index in [4.69, 9.17) is 0 Å². The number of piperazine rings is 1. The summed E-state index contributed by atoms with van der Waals surface area (Å²) in [7, 11) is 0. The van der Waals surface area contributed by atoms with Crippen molar-refractivity contribution in [2.24, 2.45) is 0 Å². The number of benzene rings is 3. The van der Waals surface area contributed by atoms with Gasteiger partial charge in [-0.1, -0.05) is 17.7 Å². The number of nitrogens with one attached hydrogen (secondary N) is 1. The lowest BCUT2D eigenvalue weighted by molar-refractivity contribution is 0.0718. The van der Waals surface area contributed by atoms with Crippen LogP contribution >= 0.6 is 0 Å². The number of rotatable bonds is 5. The van der Waals surface area contributed by atoms with E-state index in [2.05, 4.69) is 10.2 Å². The Hall–Kier alpha value is -4.20. The Kier molecular flexibility index (Phi) is 7.91. The molecule has 0 atom stereocenters. The van der Waals surface area contributed by atoms with E-state index < -0.39 is 5.82 Å². The third-order valence-corrected chi connectivity index (χ3v) is 7.44. The molecule has 3 amide bonds. The fourth-order valence-electron chi connectivity index (χ4n) is 5.16. The minimum atomic E-state index is -0.411. The summed E-state index contributed by atoms with van der Waals surface area (Å²) >= 11 is 0. The molecule has 0 unspecified atom stereocenters. The third kappa shape index (κ3) is 6.11. The Labute approximate surface area is 228 Å². The molecule has 0 aromatic heterocycles. The number of piperidine rings is 1. The zero-order valence-corrected chi connectivity index (χ0v) is 22.2. The molecule has 7 nitrogen and oxygen atoms in total. The predicted octanol–water partition coefficient (Wildman–Crippen LogP) is 4.97. The smallest absolute Gasteiger partial charge is 0.256 e. The van der Waals surface area contributed by atoms with Gasteiger partial charge in [0.1, 0.15) is 5.82 Å². The highest BCUT2D eigenvalue weighted by molar-refractivity contribution is 6.06. The average molecular weight is 529 g/mol. The highest BCUT2D eigenvalue weighted by Gasteiger charge is 2.27. The van der Waals surface area contributed by atoms with Crippen LogP contribution in [0.25, 0.3) is 0 Å². The maximum atomic E-state index is 13.7. The molecule has 39 heavy (non-hydrogen) atoms. The maximum absolute atomic E-state index is 13.7. The number of carbonyl (C=O) groups excluding carboxylic acids is 3. The number of halogens is 1. The van der Waals surface area contributed by atoms with E-state index in [1.807, 2.05) is 47.1 Å². The van der Waals surface area contributed by atoms with Gasteiger partial charge in [0.2, 0.25) is 0 Å². The van der Waals surface area contributed by atoms with E-state index in [9.17, 15) is 18.8 Å². The molecule has 8 heteroatoms. The molecule has 0 saturated carbocycles. The summed E-state index contributed by atoms with van der Waals surface area (Å²) < 4.78 is 13.3. The van der Waals surface area contributed by atoms with Crippen molar-refractivity contribution in [2.75, 3.05) is 49.5 Å². The van der Waals surface area contributed by atoms with E-state index in [-0.39, 0.29) is 17.7 Å². The van der Waals surface area contributed by atoms with Gasteiger partial charge in [0, 0.05) is 61.8 Å². The first-order valence-corrected chi connectivity index (χ1v) is 13.5. The number of hydrogen-bond acceptors (Lipinski definition) is 4. The first-order chi connectivity index (χ1) is 18.9. The van der Waals surface area contributed by atoms with Gasteiger partial charge in [-0.15, -0.1) is 0 Å². The number of nitrogens with zero attached hydrogens (tertiary/aromatic N) is 3. The van der Waals surface area contributed by atoms with Crippen molar-refractivity contribution >= 4 is 29.1 Å². The fourth-order valence-corrected chi connectivity index (χ4v) is 5.16. The molecule has 2 aliphatic heterocycles. The van der Waals surface area contributed by atoms with Gasteiger partial charge in [0.15, 0.2) is 0 Å². The van der Waals surface area contributed by atoms with Crippen LogP contribution in [0.2, 0.25) is 0 Å². The van der Waals surface area contributed by atoms with Crippen molar-refractivity contribution in [3.8, 4) is 0 Å². The number of carbonyl (C=O) groups is 3. The number of hydrogen-bond donors (Lipinski definition) is 1. The second-order valence-corrected chi connectivity index (χ2v) is 10.2. The molecule has 2 fully saturated rings. The quantitative estimate of drug-likeness (QED) is 0.507. The summed E-state index contributed by atoms with van der Waals surface area (Å²) in [5, 5.41) is 2.85. The number of anilines is 2. The molecule has 202 valence electrons. The number of aryl methyl sites for hydroxylation is 1. The van der Waals surface area contributed by atoms with Gasteiger partial charge in [-0.2, -0.15) is 0 Å². The lowest BCUT2D eigenvalue weighted by atomic mass is 10.0. The molecule has 2 saturated heterocycles. The average Bonchev–Trinajstić information content (AvgIpc) is 2.97. The van der Waals surface area contributed by atoms with E-state index in [0.717, 1.165) is 30.5 Å². The number of likely N-dealkylation sites (tertiary alicyclic amines) is 1. The molecule has 3 aromatic rings. The van der Waals surface area contributed by atoms with Crippen molar-refractivity contribution < 1.29 is 18.8 Å². The summed E-state index contributed by atoms with van der Waals surface area (Å²) in [6.45, 7) is 5.71. The monoisotopic (exact) mass is 528 g/mol. The van der Waals surface area contributed by atoms with Gasteiger partial charge in [-0.25, -0.2) is 4.39 Å². The molecule has 2 aliphatic rings. The normalized spacial score (nSPS) is 15.7. The van der Waals surface area contributed by atoms with Crippen LogP contribution in [-0.4, -0.2) is 66.8 Å². The molecule has 3 aromatic carbocycles. The molecular weight excluding hydrogens is 495 g/mol. The lowest BCUT2D eigenvalue weighted by Crippen LogP contribution is -2.49. The summed E-state index contributed by atoms with van der Waals surface area (Å²) in [5.41, 5.74) is 3.95. The van der Waals surface area contributed by atoms with Crippen molar-refractivity contribution in [2.45, 2.75) is 26.2 Å². The molecule has 0 radical (unpaired) electrons. The van der Waals surface area contributed by atoms with Gasteiger partial charge >= 0.3 is 0 Å². The van der Waals surface area contributed by atoms with Gasteiger partial charge in [0.05, 0.1) is 5.56 Å². The second kappa shape index (κ2) is 11.7.